The van der Waals surface area contributed by atoms with E-state index in [1.165, 1.54) is 11.3 Å². The molecule has 0 bridgehead atoms. The highest BCUT2D eigenvalue weighted by atomic mass is 127. The minimum absolute atomic E-state index is 0.632. The Hall–Kier alpha value is -1.11. The molecular weight excluding hydrogens is 307 g/mol. The molecule has 0 amide bonds. The Labute approximate surface area is 98.5 Å². The third-order valence-corrected chi connectivity index (χ3v) is 3.74. The summed E-state index contributed by atoms with van der Waals surface area (Å²) in [6.45, 7) is 0. The molecule has 4 heteroatoms. The lowest BCUT2D eigenvalue weighted by Crippen LogP contribution is -1.81. The van der Waals surface area contributed by atoms with Crippen LogP contribution in [0.2, 0.25) is 0 Å². The summed E-state index contributed by atoms with van der Waals surface area (Å²) in [7, 11) is 0. The zero-order chi connectivity index (χ0) is 10.1. The van der Waals surface area contributed by atoms with Crippen LogP contribution in [0.15, 0.2) is 17.5 Å². The predicted molar refractivity (Wildman–Crippen MR) is 64.0 cm³/mol. The van der Waals surface area contributed by atoms with Crippen molar-refractivity contribution in [1.29, 1.82) is 10.5 Å². The number of nitrogens with zero attached hydrogens (tertiary/aromatic N) is 2. The fourth-order valence-electron chi connectivity index (χ4n) is 1.22. The second-order valence-corrected chi connectivity index (χ2v) is 4.77. The first-order valence-electron chi connectivity index (χ1n) is 3.77. The molecule has 0 radical (unpaired) electrons. The van der Waals surface area contributed by atoms with E-state index in [1.807, 2.05) is 11.4 Å². The van der Waals surface area contributed by atoms with E-state index in [1.54, 1.807) is 6.07 Å². The Bertz CT molecular complexity index is 586. The molecule has 0 fully saturated rings. The number of hydrogen-bond donors (Lipinski definition) is 0. The summed E-state index contributed by atoms with van der Waals surface area (Å²) in [6, 6.07) is 7.96. The van der Waals surface area contributed by atoms with Gasteiger partial charge in [0.15, 0.2) is 0 Å². The van der Waals surface area contributed by atoms with Gasteiger partial charge in [-0.1, -0.05) is 0 Å². The smallest absolute Gasteiger partial charge is 0.101 e. The van der Waals surface area contributed by atoms with Gasteiger partial charge in [0.1, 0.15) is 12.1 Å². The number of thiophene rings is 1. The summed E-state index contributed by atoms with van der Waals surface area (Å²) in [4.78, 5) is 0. The van der Waals surface area contributed by atoms with Crippen molar-refractivity contribution >= 4 is 44.0 Å². The van der Waals surface area contributed by atoms with Crippen molar-refractivity contribution < 1.29 is 0 Å². The molecule has 0 aliphatic heterocycles. The van der Waals surface area contributed by atoms with Crippen LogP contribution in [-0.4, -0.2) is 0 Å². The third kappa shape index (κ3) is 1.37. The van der Waals surface area contributed by atoms with Gasteiger partial charge in [0.2, 0.25) is 0 Å². The highest BCUT2D eigenvalue weighted by molar-refractivity contribution is 14.1. The first-order valence-corrected chi connectivity index (χ1v) is 5.73. The standard InChI is InChI=1S/C10H3IN2S/c11-9-2-10-8(1-6(9)3-12)7(4-13)5-14-10/h1-2,5H. The van der Waals surface area contributed by atoms with Crippen molar-refractivity contribution in [2.24, 2.45) is 0 Å². The summed E-state index contributed by atoms with van der Waals surface area (Å²) in [5, 5.41) is 20.4. The number of halogens is 1. The molecule has 1 heterocycles. The van der Waals surface area contributed by atoms with Crippen LogP contribution >= 0.6 is 33.9 Å². The molecule has 1 aromatic heterocycles. The van der Waals surface area contributed by atoms with Crippen LogP contribution < -0.4 is 0 Å². The molecule has 0 saturated carbocycles. The van der Waals surface area contributed by atoms with Gasteiger partial charge in [-0.3, -0.25) is 0 Å². The van der Waals surface area contributed by atoms with Gasteiger partial charge >= 0.3 is 0 Å². The first-order chi connectivity index (χ1) is 6.76. The number of rotatable bonds is 0. The second-order valence-electron chi connectivity index (χ2n) is 2.70. The number of hydrogen-bond acceptors (Lipinski definition) is 3. The number of benzene rings is 1. The fourth-order valence-corrected chi connectivity index (χ4v) is 2.93. The summed E-state index contributed by atoms with van der Waals surface area (Å²) < 4.78 is 1.99. The average Bonchev–Trinajstić information content (AvgIpc) is 2.58. The Balaban J connectivity index is 2.87. The van der Waals surface area contributed by atoms with Crippen LogP contribution in [0.1, 0.15) is 11.1 Å². The lowest BCUT2D eigenvalue weighted by Gasteiger charge is -1.95. The van der Waals surface area contributed by atoms with Gasteiger partial charge in [0, 0.05) is 19.0 Å². The number of fused-ring (bicyclic) bond motifs is 1. The minimum atomic E-state index is 0.632. The molecule has 0 aliphatic carbocycles. The van der Waals surface area contributed by atoms with Crippen LogP contribution in [0.3, 0.4) is 0 Å². The molecular formula is C10H3IN2S. The van der Waals surface area contributed by atoms with Gasteiger partial charge in [0.25, 0.3) is 0 Å². The SMILES string of the molecule is N#Cc1cc2c(C#N)csc2cc1I. The fraction of sp³-hybridized carbons (Fsp3) is 0. The van der Waals surface area contributed by atoms with E-state index in [0.29, 0.717) is 11.1 Å². The van der Waals surface area contributed by atoms with Crippen molar-refractivity contribution in [3.63, 3.8) is 0 Å². The van der Waals surface area contributed by atoms with Crippen molar-refractivity contribution in [3.05, 3.63) is 32.2 Å². The molecule has 0 aliphatic rings. The molecule has 0 spiro atoms. The Morgan fingerprint density at radius 3 is 2.50 bits per heavy atom. The maximum atomic E-state index is 8.84. The second kappa shape index (κ2) is 3.56. The van der Waals surface area contributed by atoms with E-state index in [9.17, 15) is 0 Å². The zero-order valence-electron chi connectivity index (χ0n) is 6.91. The summed E-state index contributed by atoms with van der Waals surface area (Å²) in [5.74, 6) is 0. The number of nitriles is 2. The summed E-state index contributed by atoms with van der Waals surface area (Å²) >= 11 is 3.67. The van der Waals surface area contributed by atoms with Crippen molar-refractivity contribution in [3.8, 4) is 12.1 Å². The van der Waals surface area contributed by atoms with Crippen LogP contribution in [0.25, 0.3) is 10.1 Å². The summed E-state index contributed by atoms with van der Waals surface area (Å²) in [6.07, 6.45) is 0. The molecule has 0 unspecified atom stereocenters. The van der Waals surface area contributed by atoms with Gasteiger partial charge in [0.05, 0.1) is 11.1 Å². The molecule has 0 atom stereocenters. The van der Waals surface area contributed by atoms with Crippen LogP contribution in [0.5, 0.6) is 0 Å². The van der Waals surface area contributed by atoms with E-state index in [0.717, 1.165) is 13.7 Å². The van der Waals surface area contributed by atoms with Crippen LogP contribution in [0, 0.1) is 26.2 Å². The zero-order valence-corrected chi connectivity index (χ0v) is 9.89. The van der Waals surface area contributed by atoms with Gasteiger partial charge in [-0.15, -0.1) is 11.3 Å². The van der Waals surface area contributed by atoms with E-state index < -0.39 is 0 Å². The molecule has 2 rings (SSSR count). The van der Waals surface area contributed by atoms with Gasteiger partial charge in [-0.2, -0.15) is 10.5 Å². The van der Waals surface area contributed by atoms with Crippen molar-refractivity contribution in [2.45, 2.75) is 0 Å². The Morgan fingerprint density at radius 1 is 1.14 bits per heavy atom. The molecule has 2 nitrogen and oxygen atoms in total. The van der Waals surface area contributed by atoms with Crippen molar-refractivity contribution in [1.82, 2.24) is 0 Å². The molecule has 66 valence electrons. The van der Waals surface area contributed by atoms with Gasteiger partial charge in [-0.25, -0.2) is 0 Å². The van der Waals surface area contributed by atoms with Crippen LogP contribution in [0.4, 0.5) is 0 Å². The largest absolute Gasteiger partial charge is 0.192 e. The quantitative estimate of drug-likeness (QED) is 0.701. The maximum absolute atomic E-state index is 8.84. The average molecular weight is 310 g/mol. The van der Waals surface area contributed by atoms with Gasteiger partial charge < -0.3 is 0 Å². The van der Waals surface area contributed by atoms with E-state index in [4.69, 9.17) is 10.5 Å². The predicted octanol–water partition coefficient (Wildman–Crippen LogP) is 3.25. The maximum Gasteiger partial charge on any atom is 0.101 e. The van der Waals surface area contributed by atoms with Gasteiger partial charge in [-0.05, 0) is 34.7 Å². The minimum Gasteiger partial charge on any atom is -0.192 e. The van der Waals surface area contributed by atoms with Crippen LogP contribution in [-0.2, 0) is 0 Å². The lowest BCUT2D eigenvalue weighted by molar-refractivity contribution is 1.48. The summed E-state index contributed by atoms with van der Waals surface area (Å²) in [5.41, 5.74) is 1.28. The molecule has 14 heavy (non-hydrogen) atoms. The Kier molecular flexibility index (Phi) is 2.40. The lowest BCUT2D eigenvalue weighted by atomic mass is 10.1. The highest BCUT2D eigenvalue weighted by Crippen LogP contribution is 2.29. The van der Waals surface area contributed by atoms with Crippen molar-refractivity contribution in [2.75, 3.05) is 0 Å². The topological polar surface area (TPSA) is 47.6 Å². The monoisotopic (exact) mass is 310 g/mol. The van der Waals surface area contributed by atoms with E-state index in [2.05, 4.69) is 34.7 Å². The third-order valence-electron chi connectivity index (χ3n) is 1.90. The highest BCUT2D eigenvalue weighted by Gasteiger charge is 2.07. The normalized spacial score (nSPS) is 9.64. The first kappa shape index (κ1) is 9.45. The Morgan fingerprint density at radius 2 is 1.86 bits per heavy atom. The molecule has 2 aromatic rings. The molecule has 0 saturated heterocycles. The van der Waals surface area contributed by atoms with E-state index >= 15 is 0 Å². The molecule has 1 aromatic carbocycles. The molecule has 0 N–H and O–H groups in total. The van der Waals surface area contributed by atoms with E-state index in [-0.39, 0.29) is 0 Å².